The molecule has 0 unspecified atom stereocenters. The molecule has 0 radical (unpaired) electrons. The minimum Gasteiger partial charge on any atom is -0.444 e. The van der Waals surface area contributed by atoms with Gasteiger partial charge in [0, 0.05) is 38.9 Å². The highest BCUT2D eigenvalue weighted by Gasteiger charge is 2.32. The molecule has 2 rings (SSSR count). The third kappa shape index (κ3) is 8.36. The predicted octanol–water partition coefficient (Wildman–Crippen LogP) is 2.39. The lowest BCUT2D eigenvalue weighted by Crippen LogP contribution is -2.53. The summed E-state index contributed by atoms with van der Waals surface area (Å²) in [5, 5.41) is 2.69. The quantitative estimate of drug-likeness (QED) is 0.259. The molecule has 0 aliphatic carbocycles. The van der Waals surface area contributed by atoms with Crippen LogP contribution in [0.15, 0.2) is 17.3 Å². The van der Waals surface area contributed by atoms with Gasteiger partial charge in [-0.25, -0.2) is 14.8 Å². The number of anilines is 1. The van der Waals surface area contributed by atoms with Crippen LogP contribution in [0.1, 0.15) is 26.5 Å². The lowest BCUT2D eigenvalue weighted by Gasteiger charge is -2.36. The van der Waals surface area contributed by atoms with Crippen molar-refractivity contribution in [2.75, 3.05) is 44.6 Å². The van der Waals surface area contributed by atoms with Gasteiger partial charge in [-0.3, -0.25) is 4.99 Å². The number of carbonyl (C=O) groups is 1. The molecule has 1 aliphatic heterocycles. The summed E-state index contributed by atoms with van der Waals surface area (Å²) in [6, 6.07) is 0.804. The summed E-state index contributed by atoms with van der Waals surface area (Å²) >= 11 is 0. The third-order valence-corrected chi connectivity index (χ3v) is 3.87. The molecule has 3 N–H and O–H groups in total. The number of aromatic nitrogens is 2. The Morgan fingerprint density at radius 2 is 1.83 bits per heavy atom. The van der Waals surface area contributed by atoms with E-state index in [-0.39, 0.29) is 49.1 Å². The monoisotopic (exact) mass is 545 g/mol. The van der Waals surface area contributed by atoms with Crippen LogP contribution in [0.25, 0.3) is 0 Å². The highest BCUT2D eigenvalue weighted by molar-refractivity contribution is 14.0. The van der Waals surface area contributed by atoms with Gasteiger partial charge in [-0.05, 0) is 26.8 Å². The van der Waals surface area contributed by atoms with Gasteiger partial charge in [0.1, 0.15) is 11.3 Å². The highest BCUT2D eigenvalue weighted by Crippen LogP contribution is 2.27. The van der Waals surface area contributed by atoms with Gasteiger partial charge < -0.3 is 25.6 Å². The average molecular weight is 545 g/mol. The second kappa shape index (κ2) is 10.8. The number of amides is 1. The van der Waals surface area contributed by atoms with Gasteiger partial charge in [0.25, 0.3) is 0 Å². The van der Waals surface area contributed by atoms with E-state index in [0.717, 1.165) is 12.3 Å². The molecule has 0 saturated carbocycles. The minimum atomic E-state index is -4.52. The van der Waals surface area contributed by atoms with Gasteiger partial charge in [-0.2, -0.15) is 13.2 Å². The number of hydrogen-bond acceptors (Lipinski definition) is 6. The first-order chi connectivity index (χ1) is 13.5. The summed E-state index contributed by atoms with van der Waals surface area (Å²) in [5.41, 5.74) is 4.40. The second-order valence-corrected chi connectivity index (χ2v) is 7.38. The van der Waals surface area contributed by atoms with Gasteiger partial charge >= 0.3 is 12.3 Å². The van der Waals surface area contributed by atoms with Gasteiger partial charge in [-0.15, -0.1) is 24.0 Å². The summed E-state index contributed by atoms with van der Waals surface area (Å²) < 4.78 is 43.2. The highest BCUT2D eigenvalue weighted by atomic mass is 127. The number of nitrogens with zero attached hydrogens (tertiary/aromatic N) is 5. The molecule has 1 aliphatic rings. The van der Waals surface area contributed by atoms with Crippen molar-refractivity contribution in [3.05, 3.63) is 18.0 Å². The lowest BCUT2D eigenvalue weighted by molar-refractivity contribution is -0.141. The molecule has 0 aromatic carbocycles. The maximum Gasteiger partial charge on any atom is 0.433 e. The predicted molar refractivity (Wildman–Crippen MR) is 117 cm³/mol. The average Bonchev–Trinajstić information content (AvgIpc) is 2.63. The molecule has 1 amide bonds. The van der Waals surface area contributed by atoms with Crippen LogP contribution in [0.2, 0.25) is 0 Å². The Hall–Kier alpha value is -2.06. The molecule has 1 aromatic heterocycles. The summed E-state index contributed by atoms with van der Waals surface area (Å²) in [5.74, 6) is 0.181. The molecular weight excluding hydrogens is 518 g/mol. The van der Waals surface area contributed by atoms with Crippen molar-refractivity contribution in [2.24, 2.45) is 10.7 Å². The van der Waals surface area contributed by atoms with Crippen LogP contribution in [0.4, 0.5) is 23.9 Å². The minimum absolute atomic E-state index is 0. The maximum atomic E-state index is 12.6. The van der Waals surface area contributed by atoms with Crippen LogP contribution >= 0.6 is 24.0 Å². The second-order valence-electron chi connectivity index (χ2n) is 7.38. The molecule has 2 heterocycles. The third-order valence-electron chi connectivity index (χ3n) is 3.87. The van der Waals surface area contributed by atoms with E-state index in [0.29, 0.717) is 32.1 Å². The number of nitrogens with two attached hydrogens (primary N) is 1. The molecule has 0 spiro atoms. The van der Waals surface area contributed by atoms with Crippen LogP contribution in [-0.4, -0.2) is 76.7 Å². The summed E-state index contributed by atoms with van der Waals surface area (Å²) in [6.45, 7) is 7.83. The Morgan fingerprint density at radius 3 is 2.40 bits per heavy atom. The Balaban J connectivity index is 0.00000450. The van der Waals surface area contributed by atoms with Crippen molar-refractivity contribution in [2.45, 2.75) is 32.5 Å². The van der Waals surface area contributed by atoms with E-state index in [1.54, 1.807) is 4.90 Å². The number of halogens is 4. The fourth-order valence-electron chi connectivity index (χ4n) is 2.48. The molecule has 9 nitrogen and oxygen atoms in total. The van der Waals surface area contributed by atoms with Crippen molar-refractivity contribution < 1.29 is 22.7 Å². The van der Waals surface area contributed by atoms with Gasteiger partial charge in [0.2, 0.25) is 5.95 Å². The van der Waals surface area contributed by atoms with E-state index in [9.17, 15) is 18.0 Å². The number of aliphatic imine (C=N–C) groups is 1. The number of piperazine rings is 1. The van der Waals surface area contributed by atoms with E-state index < -0.39 is 17.5 Å². The molecule has 13 heteroatoms. The summed E-state index contributed by atoms with van der Waals surface area (Å²) in [7, 11) is 0. The number of ether oxygens (including phenoxy) is 1. The van der Waals surface area contributed by atoms with E-state index in [2.05, 4.69) is 20.3 Å². The Kier molecular flexibility index (Phi) is 9.36. The van der Waals surface area contributed by atoms with Crippen LogP contribution in [0.3, 0.4) is 0 Å². The number of hydrogen-bond donors (Lipinski definition) is 2. The van der Waals surface area contributed by atoms with E-state index in [4.69, 9.17) is 10.5 Å². The molecule has 170 valence electrons. The number of rotatable bonds is 4. The zero-order chi connectivity index (χ0) is 21.7. The Morgan fingerprint density at radius 1 is 1.23 bits per heavy atom. The SMILES string of the molecule is CC(C)(C)OC(=O)N1CCN(C(N)=NCCNc2nccc(C(F)(F)F)n2)CC1.I. The maximum absolute atomic E-state index is 12.6. The topological polar surface area (TPSA) is 109 Å². The molecule has 1 aromatic rings. The van der Waals surface area contributed by atoms with Crippen molar-refractivity contribution in [3.63, 3.8) is 0 Å². The smallest absolute Gasteiger partial charge is 0.433 e. The zero-order valence-electron chi connectivity index (χ0n) is 17.1. The number of alkyl halides is 3. The summed E-state index contributed by atoms with van der Waals surface area (Å²) in [4.78, 5) is 26.9. The van der Waals surface area contributed by atoms with Crippen LogP contribution in [-0.2, 0) is 10.9 Å². The first kappa shape index (κ1) is 26.0. The van der Waals surface area contributed by atoms with Crippen molar-refractivity contribution >= 4 is 42.0 Å². The molecule has 0 bridgehead atoms. The fraction of sp³-hybridized carbons (Fsp3) is 0.647. The Bertz CT molecular complexity index is 733. The molecular formula is C17H27F3IN7O2. The Labute approximate surface area is 190 Å². The number of nitrogens with one attached hydrogen (secondary N) is 1. The van der Waals surface area contributed by atoms with Crippen molar-refractivity contribution in [3.8, 4) is 0 Å². The normalized spacial score (nSPS) is 15.5. The van der Waals surface area contributed by atoms with Gasteiger partial charge in [0.05, 0.1) is 6.54 Å². The number of guanidine groups is 1. The molecule has 0 atom stereocenters. The zero-order valence-corrected chi connectivity index (χ0v) is 19.4. The van der Waals surface area contributed by atoms with Crippen LogP contribution in [0, 0.1) is 0 Å². The molecule has 1 saturated heterocycles. The first-order valence-electron chi connectivity index (χ1n) is 9.12. The molecule has 1 fully saturated rings. The molecule has 30 heavy (non-hydrogen) atoms. The largest absolute Gasteiger partial charge is 0.444 e. The van der Waals surface area contributed by atoms with E-state index in [1.807, 2.05) is 25.7 Å². The van der Waals surface area contributed by atoms with Crippen LogP contribution < -0.4 is 11.1 Å². The van der Waals surface area contributed by atoms with Crippen LogP contribution in [0.5, 0.6) is 0 Å². The van der Waals surface area contributed by atoms with Crippen molar-refractivity contribution in [1.82, 2.24) is 19.8 Å². The first-order valence-corrected chi connectivity index (χ1v) is 9.12. The fourth-order valence-corrected chi connectivity index (χ4v) is 2.48. The van der Waals surface area contributed by atoms with Gasteiger partial charge in [-0.1, -0.05) is 0 Å². The van der Waals surface area contributed by atoms with E-state index >= 15 is 0 Å². The van der Waals surface area contributed by atoms with Crippen molar-refractivity contribution in [1.29, 1.82) is 0 Å². The number of carbonyl (C=O) groups excluding carboxylic acids is 1. The standard InChI is InChI=1S/C17H26F3N7O2.HI/c1-16(2,3)29-15(28)27-10-8-26(9-11-27)13(21)22-6-7-24-14-23-5-4-12(25-14)17(18,19)20;/h4-5H,6-11H2,1-3H3,(H2,21,22)(H,23,24,25);1H. The lowest BCUT2D eigenvalue weighted by atomic mass is 10.2. The summed E-state index contributed by atoms with van der Waals surface area (Å²) in [6.07, 6.45) is -3.85. The van der Waals surface area contributed by atoms with Gasteiger partial charge in [0.15, 0.2) is 5.96 Å². The van der Waals surface area contributed by atoms with E-state index in [1.165, 1.54) is 0 Å².